The van der Waals surface area contributed by atoms with Crippen molar-refractivity contribution in [2.75, 3.05) is 14.2 Å². The molecule has 0 aromatic heterocycles. The fraction of sp³-hybridized carbons (Fsp3) is 0.412. The maximum Gasteiger partial charge on any atom is 0.337 e. The molecule has 1 atom stereocenters. The summed E-state index contributed by atoms with van der Waals surface area (Å²) in [6.45, 7) is 1.89. The Balaban J connectivity index is 2.08. The van der Waals surface area contributed by atoms with Crippen molar-refractivity contribution in [3.05, 3.63) is 35.0 Å². The van der Waals surface area contributed by atoms with Crippen molar-refractivity contribution in [3.63, 3.8) is 0 Å². The summed E-state index contributed by atoms with van der Waals surface area (Å²) < 4.78 is 10.2. The molecule has 6 nitrogen and oxygen atoms in total. The van der Waals surface area contributed by atoms with Crippen molar-refractivity contribution in [2.45, 2.75) is 31.8 Å². The Kier molecular flexibility index (Phi) is 4.36. The van der Waals surface area contributed by atoms with E-state index >= 15 is 0 Å². The van der Waals surface area contributed by atoms with Crippen LogP contribution in [0.1, 0.15) is 31.4 Å². The number of hydrogen-bond donors (Lipinski definition) is 2. The molecule has 1 aromatic rings. The quantitative estimate of drug-likeness (QED) is 0.639. The highest BCUT2D eigenvalue weighted by molar-refractivity contribution is 7.80. The highest BCUT2D eigenvalue weighted by Gasteiger charge is 2.40. The summed E-state index contributed by atoms with van der Waals surface area (Å²) in [5, 5.41) is 13.6. The van der Waals surface area contributed by atoms with Crippen LogP contribution in [0.2, 0.25) is 0 Å². The third-order valence-corrected chi connectivity index (χ3v) is 4.70. The molecule has 0 spiro atoms. The van der Waals surface area contributed by atoms with Gasteiger partial charge in [-0.05, 0) is 49.7 Å². The first kappa shape index (κ1) is 16.6. The van der Waals surface area contributed by atoms with Crippen LogP contribution in [0.4, 0.5) is 0 Å². The van der Waals surface area contributed by atoms with Crippen LogP contribution in [0.25, 0.3) is 0 Å². The van der Waals surface area contributed by atoms with E-state index in [0.29, 0.717) is 22.5 Å². The van der Waals surface area contributed by atoms with E-state index in [4.69, 9.17) is 21.7 Å². The largest absolute Gasteiger partial charge is 0.504 e. The number of rotatable bonds is 4. The molecular weight excluding hydrogens is 328 g/mol. The Labute approximate surface area is 146 Å². The molecule has 128 valence electrons. The lowest BCUT2D eigenvalue weighted by Crippen LogP contribution is -2.48. The van der Waals surface area contributed by atoms with Gasteiger partial charge in [-0.25, -0.2) is 4.79 Å². The van der Waals surface area contributed by atoms with Gasteiger partial charge >= 0.3 is 5.97 Å². The molecule has 0 bridgehead atoms. The first-order valence-corrected chi connectivity index (χ1v) is 8.14. The van der Waals surface area contributed by atoms with E-state index < -0.39 is 12.0 Å². The first-order valence-electron chi connectivity index (χ1n) is 7.73. The number of nitrogens with zero attached hydrogens (tertiary/aromatic N) is 1. The maximum atomic E-state index is 12.4. The molecule has 3 rings (SSSR count). The summed E-state index contributed by atoms with van der Waals surface area (Å²) in [5.41, 5.74) is 2.10. The molecule has 1 heterocycles. The highest BCUT2D eigenvalue weighted by atomic mass is 32.1. The molecule has 7 heteroatoms. The van der Waals surface area contributed by atoms with Gasteiger partial charge in [0.15, 0.2) is 16.6 Å². The third kappa shape index (κ3) is 2.80. The summed E-state index contributed by atoms with van der Waals surface area (Å²) >= 11 is 5.51. The zero-order chi connectivity index (χ0) is 17.4. The predicted molar refractivity (Wildman–Crippen MR) is 92.7 cm³/mol. The molecule has 2 aliphatic rings. The minimum absolute atomic E-state index is 0.0413. The van der Waals surface area contributed by atoms with Crippen LogP contribution in [-0.4, -0.2) is 41.3 Å². The molecule has 24 heavy (non-hydrogen) atoms. The van der Waals surface area contributed by atoms with Crippen LogP contribution in [0.3, 0.4) is 0 Å². The molecule has 1 aromatic carbocycles. The van der Waals surface area contributed by atoms with Crippen molar-refractivity contribution >= 4 is 23.3 Å². The van der Waals surface area contributed by atoms with Gasteiger partial charge in [0, 0.05) is 11.7 Å². The third-order valence-electron chi connectivity index (χ3n) is 4.38. The van der Waals surface area contributed by atoms with Gasteiger partial charge in [-0.3, -0.25) is 0 Å². The zero-order valence-electron chi connectivity index (χ0n) is 13.8. The summed E-state index contributed by atoms with van der Waals surface area (Å²) in [7, 11) is 2.85. The average Bonchev–Trinajstić information content (AvgIpc) is 3.39. The lowest BCUT2D eigenvalue weighted by atomic mass is 9.94. The number of nitrogens with one attached hydrogen (secondary N) is 1. The lowest BCUT2D eigenvalue weighted by molar-refractivity contribution is -0.136. The van der Waals surface area contributed by atoms with Crippen LogP contribution in [0, 0.1) is 0 Å². The number of phenolic OH excluding ortho intramolecular Hbond substituents is 1. The number of carbonyl (C=O) groups is 1. The standard InChI is InChI=1S/C17H20N2O4S/c1-9-14(16(21)23-3)15(18-17(24)19(9)11-5-6-11)10-4-7-12(20)13(8-10)22-2/h4,7-8,11,15,20H,5-6H2,1-3H3,(H,18,24)/t15-/m1/s1. The molecule has 0 unspecified atom stereocenters. The number of carbonyl (C=O) groups excluding carboxylic acids is 1. The van der Waals surface area contributed by atoms with Crippen LogP contribution >= 0.6 is 12.2 Å². The second kappa shape index (κ2) is 6.32. The smallest absolute Gasteiger partial charge is 0.337 e. The molecule has 1 aliphatic heterocycles. The number of ether oxygens (including phenoxy) is 2. The topological polar surface area (TPSA) is 71.0 Å². The molecule has 1 saturated carbocycles. The highest BCUT2D eigenvalue weighted by Crippen LogP contribution is 2.39. The number of thiocarbonyl (C=S) groups is 1. The normalized spacial score (nSPS) is 20.7. The fourth-order valence-corrected chi connectivity index (χ4v) is 3.43. The van der Waals surface area contributed by atoms with Crippen molar-refractivity contribution in [1.82, 2.24) is 10.2 Å². The lowest BCUT2D eigenvalue weighted by Gasteiger charge is -2.37. The number of benzene rings is 1. The van der Waals surface area contributed by atoms with Crippen molar-refractivity contribution < 1.29 is 19.4 Å². The average molecular weight is 348 g/mol. The Morgan fingerprint density at radius 1 is 1.38 bits per heavy atom. The summed E-state index contributed by atoms with van der Waals surface area (Å²) in [5.74, 6) is -0.0172. The summed E-state index contributed by atoms with van der Waals surface area (Å²) in [6.07, 6.45) is 2.12. The second-order valence-electron chi connectivity index (χ2n) is 5.91. The minimum Gasteiger partial charge on any atom is -0.504 e. The Bertz CT molecular complexity index is 727. The number of esters is 1. The van der Waals surface area contributed by atoms with Gasteiger partial charge in [-0.15, -0.1) is 0 Å². The van der Waals surface area contributed by atoms with Gasteiger partial charge in [0.2, 0.25) is 0 Å². The SMILES string of the molecule is COC(=O)C1=C(C)N(C2CC2)C(=S)N[C@@H]1c1ccc(O)c(OC)c1. The number of phenols is 1. The summed E-state index contributed by atoms with van der Waals surface area (Å²) in [4.78, 5) is 14.4. The molecule has 0 radical (unpaired) electrons. The second-order valence-corrected chi connectivity index (χ2v) is 6.29. The number of aromatic hydroxyl groups is 1. The van der Waals surface area contributed by atoms with Gasteiger partial charge in [0.1, 0.15) is 0 Å². The molecule has 1 aliphatic carbocycles. The van der Waals surface area contributed by atoms with E-state index in [1.165, 1.54) is 20.3 Å². The molecule has 0 saturated heterocycles. The molecule has 2 N–H and O–H groups in total. The maximum absolute atomic E-state index is 12.4. The van der Waals surface area contributed by atoms with Crippen LogP contribution in [-0.2, 0) is 9.53 Å². The van der Waals surface area contributed by atoms with Crippen LogP contribution in [0.15, 0.2) is 29.5 Å². The Morgan fingerprint density at radius 2 is 2.08 bits per heavy atom. The van der Waals surface area contributed by atoms with E-state index in [1.54, 1.807) is 12.1 Å². The van der Waals surface area contributed by atoms with Crippen LogP contribution in [0.5, 0.6) is 11.5 Å². The first-order chi connectivity index (χ1) is 11.5. The van der Waals surface area contributed by atoms with E-state index in [1.807, 2.05) is 11.8 Å². The summed E-state index contributed by atoms with van der Waals surface area (Å²) in [6, 6.07) is 4.87. The van der Waals surface area contributed by atoms with Crippen molar-refractivity contribution in [1.29, 1.82) is 0 Å². The number of methoxy groups -OCH3 is 2. The van der Waals surface area contributed by atoms with Crippen LogP contribution < -0.4 is 10.1 Å². The number of allylic oxidation sites excluding steroid dienone is 1. The van der Waals surface area contributed by atoms with Gasteiger partial charge in [-0.1, -0.05) is 6.07 Å². The Hall–Kier alpha value is -2.28. The van der Waals surface area contributed by atoms with Crippen molar-refractivity contribution in [3.8, 4) is 11.5 Å². The Morgan fingerprint density at radius 3 is 2.67 bits per heavy atom. The van der Waals surface area contributed by atoms with E-state index in [2.05, 4.69) is 5.32 Å². The van der Waals surface area contributed by atoms with Crippen molar-refractivity contribution in [2.24, 2.45) is 0 Å². The van der Waals surface area contributed by atoms with Gasteiger partial charge in [-0.2, -0.15) is 0 Å². The number of hydrogen-bond acceptors (Lipinski definition) is 5. The molecule has 0 amide bonds. The molecule has 1 fully saturated rings. The predicted octanol–water partition coefficient (Wildman–Crippen LogP) is 2.24. The van der Waals surface area contributed by atoms with E-state index in [0.717, 1.165) is 24.1 Å². The van der Waals surface area contributed by atoms with Gasteiger partial charge in [0.05, 0.1) is 25.8 Å². The van der Waals surface area contributed by atoms with E-state index in [-0.39, 0.29) is 5.75 Å². The van der Waals surface area contributed by atoms with Gasteiger partial charge in [0.25, 0.3) is 0 Å². The molecular formula is C17H20N2O4S. The fourth-order valence-electron chi connectivity index (χ4n) is 3.03. The monoisotopic (exact) mass is 348 g/mol. The van der Waals surface area contributed by atoms with Gasteiger partial charge < -0.3 is 24.8 Å². The van der Waals surface area contributed by atoms with E-state index in [9.17, 15) is 9.90 Å². The zero-order valence-corrected chi connectivity index (χ0v) is 14.6. The minimum atomic E-state index is -0.450.